The highest BCUT2D eigenvalue weighted by Gasteiger charge is 2.29. The van der Waals surface area contributed by atoms with Crippen molar-refractivity contribution in [3.63, 3.8) is 0 Å². The SMILES string of the molecule is COc1cccc(NC(=O)[C@H]2CC=CC[C@@H]2C(=O)[O-])c1. The molecule has 20 heavy (non-hydrogen) atoms. The fourth-order valence-corrected chi connectivity index (χ4v) is 2.30. The van der Waals surface area contributed by atoms with Crippen LogP contribution < -0.4 is 15.2 Å². The summed E-state index contributed by atoms with van der Waals surface area (Å²) in [5.41, 5.74) is 0.584. The second-order valence-electron chi connectivity index (χ2n) is 4.70. The lowest BCUT2D eigenvalue weighted by Crippen LogP contribution is -2.41. The van der Waals surface area contributed by atoms with E-state index in [1.54, 1.807) is 37.5 Å². The maximum atomic E-state index is 12.2. The van der Waals surface area contributed by atoms with Gasteiger partial charge in [-0.3, -0.25) is 4.79 Å². The predicted molar refractivity (Wildman–Crippen MR) is 72.0 cm³/mol. The van der Waals surface area contributed by atoms with Crippen LogP contribution in [0.15, 0.2) is 36.4 Å². The summed E-state index contributed by atoms with van der Waals surface area (Å²) < 4.78 is 5.07. The van der Waals surface area contributed by atoms with Crippen LogP contribution in [0.25, 0.3) is 0 Å². The summed E-state index contributed by atoms with van der Waals surface area (Å²) in [4.78, 5) is 23.3. The third-order valence-electron chi connectivity index (χ3n) is 3.41. The molecule has 0 unspecified atom stereocenters. The zero-order valence-electron chi connectivity index (χ0n) is 11.2. The predicted octanol–water partition coefficient (Wildman–Crippen LogP) is 0.966. The van der Waals surface area contributed by atoms with Gasteiger partial charge in [-0.1, -0.05) is 18.2 Å². The van der Waals surface area contributed by atoms with Crippen molar-refractivity contribution in [1.82, 2.24) is 0 Å². The quantitative estimate of drug-likeness (QED) is 0.830. The molecule has 1 amide bonds. The number of aliphatic carboxylic acids is 1. The van der Waals surface area contributed by atoms with Gasteiger partial charge in [0.2, 0.25) is 5.91 Å². The van der Waals surface area contributed by atoms with Gasteiger partial charge in [-0.05, 0) is 25.0 Å². The van der Waals surface area contributed by atoms with Crippen molar-refractivity contribution in [1.29, 1.82) is 0 Å². The highest BCUT2D eigenvalue weighted by atomic mass is 16.5. The Morgan fingerprint density at radius 3 is 2.60 bits per heavy atom. The molecule has 0 bridgehead atoms. The number of carboxylic acids is 1. The summed E-state index contributed by atoms with van der Waals surface area (Å²) in [5.74, 6) is -2.23. The number of rotatable bonds is 4. The number of allylic oxidation sites excluding steroid dienone is 2. The maximum Gasteiger partial charge on any atom is 0.228 e. The molecule has 5 heteroatoms. The summed E-state index contributed by atoms with van der Waals surface area (Å²) >= 11 is 0. The van der Waals surface area contributed by atoms with Crippen molar-refractivity contribution >= 4 is 17.6 Å². The van der Waals surface area contributed by atoms with Crippen LogP contribution in [0.3, 0.4) is 0 Å². The third-order valence-corrected chi connectivity index (χ3v) is 3.41. The van der Waals surface area contributed by atoms with Gasteiger partial charge in [-0.15, -0.1) is 0 Å². The van der Waals surface area contributed by atoms with E-state index in [1.165, 1.54) is 0 Å². The van der Waals surface area contributed by atoms with E-state index in [1.807, 2.05) is 6.08 Å². The van der Waals surface area contributed by atoms with Crippen LogP contribution in [0.1, 0.15) is 12.8 Å². The average molecular weight is 274 g/mol. The average Bonchev–Trinajstić information content (AvgIpc) is 2.47. The molecule has 1 aliphatic rings. The molecule has 1 aromatic rings. The van der Waals surface area contributed by atoms with Crippen LogP contribution in [0.4, 0.5) is 5.69 Å². The van der Waals surface area contributed by atoms with Crippen molar-refractivity contribution < 1.29 is 19.4 Å². The molecule has 5 nitrogen and oxygen atoms in total. The Balaban J connectivity index is 2.10. The molecular formula is C15H16NO4-. The number of carbonyl (C=O) groups excluding carboxylic acids is 2. The van der Waals surface area contributed by atoms with E-state index in [-0.39, 0.29) is 5.91 Å². The van der Waals surface area contributed by atoms with Gasteiger partial charge in [0.15, 0.2) is 0 Å². The van der Waals surface area contributed by atoms with Crippen molar-refractivity contribution in [2.75, 3.05) is 12.4 Å². The Kier molecular flexibility index (Phi) is 4.40. The van der Waals surface area contributed by atoms with E-state index in [4.69, 9.17) is 4.74 Å². The van der Waals surface area contributed by atoms with Gasteiger partial charge in [-0.2, -0.15) is 0 Å². The Morgan fingerprint density at radius 1 is 1.25 bits per heavy atom. The van der Waals surface area contributed by atoms with E-state index < -0.39 is 17.8 Å². The normalized spacial score (nSPS) is 21.2. The van der Waals surface area contributed by atoms with Crippen molar-refractivity contribution in [2.24, 2.45) is 11.8 Å². The Bertz CT molecular complexity index is 538. The molecular weight excluding hydrogens is 258 g/mol. The minimum absolute atomic E-state index is 0.309. The van der Waals surface area contributed by atoms with E-state index in [0.29, 0.717) is 24.3 Å². The second kappa shape index (κ2) is 6.23. The first-order chi connectivity index (χ1) is 9.61. The van der Waals surface area contributed by atoms with Crippen molar-refractivity contribution in [2.45, 2.75) is 12.8 Å². The summed E-state index contributed by atoms with van der Waals surface area (Å²) in [6.45, 7) is 0. The van der Waals surface area contributed by atoms with Crippen LogP contribution in [-0.4, -0.2) is 19.0 Å². The molecule has 0 heterocycles. The van der Waals surface area contributed by atoms with Crippen LogP contribution in [0.2, 0.25) is 0 Å². The lowest BCUT2D eigenvalue weighted by Gasteiger charge is -2.28. The summed E-state index contributed by atoms with van der Waals surface area (Å²) in [6.07, 6.45) is 4.35. The van der Waals surface area contributed by atoms with Crippen LogP contribution in [0, 0.1) is 11.8 Å². The van der Waals surface area contributed by atoms with Crippen molar-refractivity contribution in [3.8, 4) is 5.75 Å². The fourth-order valence-electron chi connectivity index (χ4n) is 2.30. The molecule has 1 aliphatic carbocycles. The molecule has 0 fully saturated rings. The molecule has 0 saturated carbocycles. The molecule has 0 spiro atoms. The number of amides is 1. The number of benzene rings is 1. The number of methoxy groups -OCH3 is 1. The van der Waals surface area contributed by atoms with Gasteiger partial charge in [-0.25, -0.2) is 0 Å². The number of carboxylic acid groups (broad SMARTS) is 1. The van der Waals surface area contributed by atoms with Gasteiger partial charge in [0, 0.05) is 23.6 Å². The van der Waals surface area contributed by atoms with Gasteiger partial charge < -0.3 is 20.0 Å². The monoisotopic (exact) mass is 274 g/mol. The molecule has 1 aromatic carbocycles. The number of anilines is 1. The molecule has 2 atom stereocenters. The lowest BCUT2D eigenvalue weighted by atomic mass is 9.82. The number of nitrogens with one attached hydrogen (secondary N) is 1. The standard InChI is InChI=1S/C15H17NO4/c1-20-11-6-4-5-10(9-11)16-14(17)12-7-2-3-8-13(12)15(18)19/h2-6,9,12-13H,7-8H2,1H3,(H,16,17)(H,18,19)/p-1/t12-,13-/m0/s1. The number of hydrogen-bond acceptors (Lipinski definition) is 4. The number of carbonyl (C=O) groups is 2. The number of ether oxygens (including phenoxy) is 1. The fraction of sp³-hybridized carbons (Fsp3) is 0.333. The zero-order chi connectivity index (χ0) is 14.5. The maximum absolute atomic E-state index is 12.2. The van der Waals surface area contributed by atoms with Gasteiger partial charge in [0.25, 0.3) is 0 Å². The molecule has 2 rings (SSSR count). The molecule has 0 aliphatic heterocycles. The zero-order valence-corrected chi connectivity index (χ0v) is 11.2. The minimum Gasteiger partial charge on any atom is -0.550 e. The molecule has 106 valence electrons. The van der Waals surface area contributed by atoms with Gasteiger partial charge in [0.1, 0.15) is 5.75 Å². The third kappa shape index (κ3) is 3.17. The first kappa shape index (κ1) is 14.1. The van der Waals surface area contributed by atoms with E-state index >= 15 is 0 Å². The van der Waals surface area contributed by atoms with Crippen LogP contribution in [0.5, 0.6) is 5.75 Å². The second-order valence-corrected chi connectivity index (χ2v) is 4.70. The molecule has 0 saturated heterocycles. The van der Waals surface area contributed by atoms with Crippen molar-refractivity contribution in [3.05, 3.63) is 36.4 Å². The molecule has 0 aromatic heterocycles. The summed E-state index contributed by atoms with van der Waals surface area (Å²) in [7, 11) is 1.54. The summed E-state index contributed by atoms with van der Waals surface area (Å²) in [6, 6.07) is 6.94. The van der Waals surface area contributed by atoms with Crippen LogP contribution in [-0.2, 0) is 9.59 Å². The smallest absolute Gasteiger partial charge is 0.228 e. The lowest BCUT2D eigenvalue weighted by molar-refractivity contribution is -0.313. The number of hydrogen-bond donors (Lipinski definition) is 1. The highest BCUT2D eigenvalue weighted by molar-refractivity contribution is 5.95. The summed E-state index contributed by atoms with van der Waals surface area (Å²) in [5, 5.41) is 13.8. The topological polar surface area (TPSA) is 78.5 Å². The largest absolute Gasteiger partial charge is 0.550 e. The van der Waals surface area contributed by atoms with Crippen LogP contribution >= 0.6 is 0 Å². The Hall–Kier alpha value is -2.30. The molecule has 0 radical (unpaired) electrons. The minimum atomic E-state index is -1.18. The van der Waals surface area contributed by atoms with E-state index in [2.05, 4.69) is 5.32 Å². The van der Waals surface area contributed by atoms with Gasteiger partial charge >= 0.3 is 0 Å². The molecule has 1 N–H and O–H groups in total. The first-order valence-corrected chi connectivity index (χ1v) is 6.42. The Labute approximate surface area is 117 Å². The Morgan fingerprint density at radius 2 is 1.95 bits per heavy atom. The highest BCUT2D eigenvalue weighted by Crippen LogP contribution is 2.27. The van der Waals surface area contributed by atoms with Gasteiger partial charge in [0.05, 0.1) is 13.0 Å². The first-order valence-electron chi connectivity index (χ1n) is 6.42. The van der Waals surface area contributed by atoms with E-state index in [0.717, 1.165) is 0 Å². The van der Waals surface area contributed by atoms with E-state index in [9.17, 15) is 14.7 Å².